The van der Waals surface area contributed by atoms with Crippen LogP contribution >= 0.6 is 0 Å². The third-order valence-electron chi connectivity index (χ3n) is 3.47. The number of hydrogen-bond acceptors (Lipinski definition) is 2. The molecule has 2 aromatic heterocycles. The van der Waals surface area contributed by atoms with Crippen molar-refractivity contribution >= 4 is 32.7 Å². The maximum Gasteiger partial charge on any atom is 0.198 e. The van der Waals surface area contributed by atoms with Gasteiger partial charge in [0.15, 0.2) is 5.43 Å². The van der Waals surface area contributed by atoms with E-state index in [-0.39, 0.29) is 5.43 Å². The van der Waals surface area contributed by atoms with Crippen LogP contribution in [0.4, 0.5) is 0 Å². The summed E-state index contributed by atoms with van der Waals surface area (Å²) in [5.41, 5.74) is 1.52. The first-order valence-corrected chi connectivity index (χ1v) is 6.13. The van der Waals surface area contributed by atoms with Crippen molar-refractivity contribution in [3.63, 3.8) is 0 Å². The first-order chi connectivity index (χ1) is 9.34. The second kappa shape index (κ2) is 3.65. The molecule has 0 radical (unpaired) electrons. The van der Waals surface area contributed by atoms with E-state index in [4.69, 9.17) is 0 Å². The summed E-state index contributed by atoms with van der Waals surface area (Å²) in [5, 5.41) is 3.50. The number of fused-ring (bicyclic) bond motifs is 4. The number of aromatic nitrogens is 2. The number of nitrogens with one attached hydrogen (secondary N) is 1. The molecule has 0 aliphatic heterocycles. The topological polar surface area (TPSA) is 45.8 Å². The number of nitrogens with zero attached hydrogens (tertiary/aromatic N) is 1. The molecule has 0 atom stereocenters. The monoisotopic (exact) mass is 246 g/mol. The number of rotatable bonds is 0. The van der Waals surface area contributed by atoms with Gasteiger partial charge < -0.3 is 4.98 Å². The number of benzene rings is 2. The standard InChI is InChI=1S/C16H10N2O/c19-15-12-8-7-10-4-1-2-5-11(10)14(12)18-16-13(15)6-3-9-17-16/h1-9H,(H,17,18,19). The lowest BCUT2D eigenvalue weighted by molar-refractivity contribution is 1.32. The van der Waals surface area contributed by atoms with Gasteiger partial charge in [0, 0.05) is 17.0 Å². The summed E-state index contributed by atoms with van der Waals surface area (Å²) in [5.74, 6) is 0. The van der Waals surface area contributed by atoms with Crippen molar-refractivity contribution in [2.75, 3.05) is 0 Å². The van der Waals surface area contributed by atoms with Crippen LogP contribution in [0, 0.1) is 0 Å². The van der Waals surface area contributed by atoms with Gasteiger partial charge in [0.2, 0.25) is 0 Å². The Morgan fingerprint density at radius 3 is 2.63 bits per heavy atom. The van der Waals surface area contributed by atoms with Crippen molar-refractivity contribution in [1.82, 2.24) is 9.97 Å². The zero-order chi connectivity index (χ0) is 12.8. The Morgan fingerprint density at radius 2 is 1.68 bits per heavy atom. The Balaban J connectivity index is 2.36. The highest BCUT2D eigenvalue weighted by molar-refractivity contribution is 6.07. The number of hydrogen-bond donors (Lipinski definition) is 1. The Labute approximate surface area is 108 Å². The van der Waals surface area contributed by atoms with E-state index in [1.165, 1.54) is 0 Å². The molecule has 90 valence electrons. The lowest BCUT2D eigenvalue weighted by Crippen LogP contribution is -2.05. The van der Waals surface area contributed by atoms with Gasteiger partial charge in [-0.3, -0.25) is 4.79 Å². The van der Waals surface area contributed by atoms with Gasteiger partial charge in [-0.05, 0) is 23.6 Å². The fourth-order valence-corrected chi connectivity index (χ4v) is 2.55. The van der Waals surface area contributed by atoms with Crippen LogP contribution in [0.2, 0.25) is 0 Å². The minimum Gasteiger partial charge on any atom is -0.339 e. The van der Waals surface area contributed by atoms with E-state index in [0.29, 0.717) is 16.4 Å². The zero-order valence-electron chi connectivity index (χ0n) is 10.1. The summed E-state index contributed by atoms with van der Waals surface area (Å²) in [6, 6.07) is 15.5. The van der Waals surface area contributed by atoms with E-state index < -0.39 is 0 Å². The molecule has 2 heterocycles. The Kier molecular flexibility index (Phi) is 1.97. The van der Waals surface area contributed by atoms with Crippen molar-refractivity contribution in [2.45, 2.75) is 0 Å². The molecule has 0 amide bonds. The van der Waals surface area contributed by atoms with Crippen molar-refractivity contribution in [1.29, 1.82) is 0 Å². The van der Waals surface area contributed by atoms with Crippen LogP contribution in [-0.2, 0) is 0 Å². The van der Waals surface area contributed by atoms with Crippen LogP contribution in [0.15, 0.2) is 59.5 Å². The minimum atomic E-state index is 0.0302. The van der Waals surface area contributed by atoms with Gasteiger partial charge in [-0.15, -0.1) is 0 Å². The molecule has 0 saturated heterocycles. The van der Waals surface area contributed by atoms with E-state index >= 15 is 0 Å². The Bertz CT molecular complexity index is 986. The molecule has 0 unspecified atom stereocenters. The smallest absolute Gasteiger partial charge is 0.198 e. The summed E-state index contributed by atoms with van der Waals surface area (Å²) < 4.78 is 0. The average Bonchev–Trinajstić information content (AvgIpc) is 2.47. The molecule has 3 nitrogen and oxygen atoms in total. The van der Waals surface area contributed by atoms with E-state index in [0.717, 1.165) is 16.3 Å². The van der Waals surface area contributed by atoms with Gasteiger partial charge in [-0.2, -0.15) is 0 Å². The molecule has 0 bridgehead atoms. The SMILES string of the molecule is O=c1c2cccnc2[nH]c2c1ccc1ccccc12. The number of pyridine rings is 2. The van der Waals surface area contributed by atoms with Gasteiger partial charge in [0.05, 0.1) is 10.9 Å². The van der Waals surface area contributed by atoms with Gasteiger partial charge in [0.25, 0.3) is 0 Å². The number of aromatic amines is 1. The zero-order valence-corrected chi connectivity index (χ0v) is 10.1. The molecule has 0 saturated carbocycles. The van der Waals surface area contributed by atoms with E-state index in [9.17, 15) is 4.79 Å². The quantitative estimate of drug-likeness (QED) is 0.382. The fourth-order valence-electron chi connectivity index (χ4n) is 2.55. The van der Waals surface area contributed by atoms with Crippen molar-refractivity contribution in [2.24, 2.45) is 0 Å². The molecule has 1 N–H and O–H groups in total. The van der Waals surface area contributed by atoms with Crippen LogP contribution in [0.3, 0.4) is 0 Å². The predicted molar refractivity (Wildman–Crippen MR) is 77.4 cm³/mol. The summed E-state index contributed by atoms with van der Waals surface area (Å²) in [7, 11) is 0. The third kappa shape index (κ3) is 1.38. The number of H-pyrrole nitrogens is 1. The van der Waals surface area contributed by atoms with Crippen LogP contribution in [0.5, 0.6) is 0 Å². The molecular weight excluding hydrogens is 236 g/mol. The molecule has 3 heteroatoms. The van der Waals surface area contributed by atoms with Crippen molar-refractivity contribution < 1.29 is 0 Å². The van der Waals surface area contributed by atoms with E-state index in [1.54, 1.807) is 18.3 Å². The Morgan fingerprint density at radius 1 is 0.842 bits per heavy atom. The van der Waals surface area contributed by atoms with Crippen molar-refractivity contribution in [3.05, 3.63) is 65.0 Å². The summed E-state index contributed by atoms with van der Waals surface area (Å²) in [4.78, 5) is 20.0. The summed E-state index contributed by atoms with van der Waals surface area (Å²) in [6.07, 6.45) is 1.69. The molecule has 4 rings (SSSR count). The van der Waals surface area contributed by atoms with Crippen LogP contribution in [-0.4, -0.2) is 9.97 Å². The second-order valence-electron chi connectivity index (χ2n) is 4.56. The maximum atomic E-state index is 12.5. The second-order valence-corrected chi connectivity index (χ2v) is 4.56. The van der Waals surface area contributed by atoms with Gasteiger partial charge >= 0.3 is 0 Å². The van der Waals surface area contributed by atoms with Crippen LogP contribution in [0.25, 0.3) is 32.7 Å². The molecule has 0 aliphatic rings. The normalized spacial score (nSPS) is 11.4. The van der Waals surface area contributed by atoms with E-state index in [1.807, 2.05) is 36.4 Å². The maximum absolute atomic E-state index is 12.5. The first-order valence-electron chi connectivity index (χ1n) is 6.13. The summed E-state index contributed by atoms with van der Waals surface area (Å²) >= 11 is 0. The van der Waals surface area contributed by atoms with Gasteiger partial charge in [-0.1, -0.05) is 30.3 Å². The van der Waals surface area contributed by atoms with Crippen LogP contribution in [0.1, 0.15) is 0 Å². The highest BCUT2D eigenvalue weighted by atomic mass is 16.1. The summed E-state index contributed by atoms with van der Waals surface area (Å²) in [6.45, 7) is 0. The van der Waals surface area contributed by atoms with Crippen molar-refractivity contribution in [3.8, 4) is 0 Å². The highest BCUT2D eigenvalue weighted by Crippen LogP contribution is 2.23. The minimum absolute atomic E-state index is 0.0302. The van der Waals surface area contributed by atoms with Gasteiger partial charge in [-0.25, -0.2) is 4.98 Å². The molecule has 2 aromatic carbocycles. The first kappa shape index (κ1) is 10.3. The van der Waals surface area contributed by atoms with E-state index in [2.05, 4.69) is 9.97 Å². The molecule has 0 fully saturated rings. The molecule has 4 aromatic rings. The molecule has 0 aliphatic carbocycles. The lowest BCUT2D eigenvalue weighted by atomic mass is 10.0. The molecule has 19 heavy (non-hydrogen) atoms. The largest absolute Gasteiger partial charge is 0.339 e. The average molecular weight is 246 g/mol. The fraction of sp³-hybridized carbons (Fsp3) is 0. The van der Waals surface area contributed by atoms with Gasteiger partial charge in [0.1, 0.15) is 5.65 Å². The molecular formula is C16H10N2O. The Hall–Kier alpha value is -2.68. The molecule has 0 spiro atoms. The lowest BCUT2D eigenvalue weighted by Gasteiger charge is -2.05. The highest BCUT2D eigenvalue weighted by Gasteiger charge is 2.07. The van der Waals surface area contributed by atoms with Crippen LogP contribution < -0.4 is 5.43 Å². The third-order valence-corrected chi connectivity index (χ3v) is 3.47. The predicted octanol–water partition coefficient (Wildman–Crippen LogP) is 3.23.